The van der Waals surface area contributed by atoms with E-state index in [9.17, 15) is 14.4 Å². The third kappa shape index (κ3) is 3.51. The Morgan fingerprint density at radius 3 is 2.30 bits per heavy atom. The van der Waals surface area contributed by atoms with E-state index in [4.69, 9.17) is 16.9 Å². The number of imide groups is 1. The molecule has 0 unspecified atom stereocenters. The van der Waals surface area contributed by atoms with E-state index in [-0.39, 0.29) is 35.7 Å². The first-order valence-corrected chi connectivity index (χ1v) is 9.75. The van der Waals surface area contributed by atoms with Gasteiger partial charge in [-0.25, -0.2) is 0 Å². The second-order valence-electron chi connectivity index (χ2n) is 6.93. The van der Waals surface area contributed by atoms with Crippen LogP contribution in [-0.2, 0) is 4.79 Å². The lowest BCUT2D eigenvalue weighted by Gasteiger charge is -2.27. The van der Waals surface area contributed by atoms with Crippen LogP contribution in [0.15, 0.2) is 54.6 Å². The molecule has 1 heterocycles. The summed E-state index contributed by atoms with van der Waals surface area (Å²) in [6.07, 6.45) is 0.450. The number of carbonyl (C=O) groups is 3. The van der Waals surface area contributed by atoms with Crippen molar-refractivity contribution in [3.05, 3.63) is 76.3 Å². The average Bonchev–Trinajstić information content (AvgIpc) is 2.74. The number of rotatable bonds is 5. The first-order valence-electron chi connectivity index (χ1n) is 9.37. The van der Waals surface area contributed by atoms with Crippen molar-refractivity contribution in [2.24, 2.45) is 0 Å². The number of nitrogens with zero attached hydrogens (tertiary/aromatic N) is 2. The van der Waals surface area contributed by atoms with E-state index in [1.165, 1.54) is 17.0 Å². The molecule has 1 N–H and O–H groups in total. The second-order valence-corrected chi connectivity index (χ2v) is 7.34. The summed E-state index contributed by atoms with van der Waals surface area (Å²) in [6.45, 7) is 0.143. The summed E-state index contributed by atoms with van der Waals surface area (Å²) in [5.41, 5.74) is 1.81. The predicted octanol–water partition coefficient (Wildman–Crippen LogP) is 4.38. The first-order chi connectivity index (χ1) is 14.5. The molecule has 0 spiro atoms. The number of nitrogens with one attached hydrogen (secondary N) is 1. The minimum atomic E-state index is -0.344. The zero-order valence-electron chi connectivity index (χ0n) is 15.8. The molecule has 30 heavy (non-hydrogen) atoms. The van der Waals surface area contributed by atoms with Gasteiger partial charge in [-0.3, -0.25) is 19.3 Å². The van der Waals surface area contributed by atoms with Gasteiger partial charge in [0.05, 0.1) is 10.6 Å². The van der Waals surface area contributed by atoms with E-state index in [0.717, 1.165) is 5.39 Å². The summed E-state index contributed by atoms with van der Waals surface area (Å²) >= 11 is 5.97. The summed E-state index contributed by atoms with van der Waals surface area (Å²) in [6, 6.07) is 17.4. The van der Waals surface area contributed by atoms with Crippen LogP contribution in [0.25, 0.3) is 10.8 Å². The Balaban J connectivity index is 1.41. The molecule has 0 fully saturated rings. The Hall–Kier alpha value is -3.69. The van der Waals surface area contributed by atoms with Crippen molar-refractivity contribution < 1.29 is 14.4 Å². The lowest BCUT2D eigenvalue weighted by Crippen LogP contribution is -2.41. The van der Waals surface area contributed by atoms with Crippen LogP contribution in [0.3, 0.4) is 0 Å². The second kappa shape index (κ2) is 7.97. The maximum Gasteiger partial charge on any atom is 0.261 e. The van der Waals surface area contributed by atoms with Crippen molar-refractivity contribution in [3.8, 4) is 6.07 Å². The molecule has 1 aliphatic rings. The van der Waals surface area contributed by atoms with Gasteiger partial charge in [-0.2, -0.15) is 5.26 Å². The molecule has 3 amide bonds. The van der Waals surface area contributed by atoms with E-state index in [0.29, 0.717) is 34.2 Å². The van der Waals surface area contributed by atoms with E-state index in [1.54, 1.807) is 30.3 Å². The summed E-state index contributed by atoms with van der Waals surface area (Å²) in [5, 5.41) is 13.4. The lowest BCUT2D eigenvalue weighted by atomic mass is 9.94. The third-order valence-electron chi connectivity index (χ3n) is 5.01. The molecule has 6 nitrogen and oxygen atoms in total. The van der Waals surface area contributed by atoms with Crippen molar-refractivity contribution in [1.82, 2.24) is 4.90 Å². The van der Waals surface area contributed by atoms with Crippen LogP contribution >= 0.6 is 11.6 Å². The molecule has 1 aliphatic heterocycles. The lowest BCUT2D eigenvalue weighted by molar-refractivity contribution is -0.116. The Bertz CT molecular complexity index is 1200. The van der Waals surface area contributed by atoms with Crippen LogP contribution in [0, 0.1) is 11.3 Å². The van der Waals surface area contributed by atoms with Crippen LogP contribution in [0.1, 0.15) is 39.1 Å². The van der Waals surface area contributed by atoms with E-state index in [1.807, 2.05) is 18.2 Å². The van der Waals surface area contributed by atoms with Gasteiger partial charge >= 0.3 is 0 Å². The fourth-order valence-corrected chi connectivity index (χ4v) is 3.81. The van der Waals surface area contributed by atoms with Crippen molar-refractivity contribution in [1.29, 1.82) is 5.26 Å². The predicted molar refractivity (Wildman–Crippen MR) is 113 cm³/mol. The first kappa shape index (κ1) is 19.6. The molecule has 0 aromatic heterocycles. The molecule has 0 saturated heterocycles. The SMILES string of the molecule is N#Cc1ccc(NC(=O)CCCN2C(=O)c3cccc4cccc(c34)C2=O)cc1Cl. The van der Waals surface area contributed by atoms with Gasteiger partial charge in [0.1, 0.15) is 6.07 Å². The average molecular weight is 418 g/mol. The summed E-state index contributed by atoms with van der Waals surface area (Å²) in [4.78, 5) is 39.1. The van der Waals surface area contributed by atoms with Crippen molar-refractivity contribution in [2.45, 2.75) is 12.8 Å². The Morgan fingerprint density at radius 1 is 1.03 bits per heavy atom. The normalized spacial score (nSPS) is 12.7. The minimum absolute atomic E-state index is 0.126. The van der Waals surface area contributed by atoms with Crippen molar-refractivity contribution >= 4 is 45.8 Å². The Morgan fingerprint density at radius 2 is 1.70 bits per heavy atom. The molecule has 0 aliphatic carbocycles. The van der Waals surface area contributed by atoms with Gasteiger partial charge < -0.3 is 5.32 Å². The van der Waals surface area contributed by atoms with Gasteiger partial charge in [-0.1, -0.05) is 35.9 Å². The van der Waals surface area contributed by atoms with Gasteiger partial charge in [0.15, 0.2) is 0 Å². The van der Waals surface area contributed by atoms with E-state index in [2.05, 4.69) is 5.32 Å². The van der Waals surface area contributed by atoms with Crippen LogP contribution in [0.4, 0.5) is 5.69 Å². The molecule has 3 aromatic rings. The number of nitriles is 1. The number of carbonyl (C=O) groups excluding carboxylic acids is 3. The van der Waals surface area contributed by atoms with E-state index >= 15 is 0 Å². The molecule has 0 saturated carbocycles. The summed E-state index contributed by atoms with van der Waals surface area (Å²) in [5.74, 6) is -0.956. The molecule has 0 radical (unpaired) electrons. The molecule has 0 atom stereocenters. The zero-order valence-corrected chi connectivity index (χ0v) is 16.6. The van der Waals surface area contributed by atoms with Crippen LogP contribution in [-0.4, -0.2) is 29.2 Å². The largest absolute Gasteiger partial charge is 0.326 e. The number of halogens is 1. The topological polar surface area (TPSA) is 90.3 Å². The molecular formula is C23H16ClN3O3. The van der Waals surface area contributed by atoms with E-state index < -0.39 is 0 Å². The quantitative estimate of drug-likeness (QED) is 0.624. The highest BCUT2D eigenvalue weighted by molar-refractivity contribution is 6.32. The smallest absolute Gasteiger partial charge is 0.261 e. The highest BCUT2D eigenvalue weighted by Gasteiger charge is 2.32. The standard InChI is InChI=1S/C23H16ClN3O3/c24-19-12-16(10-9-15(19)13-25)26-20(28)8-3-11-27-22(29)17-6-1-4-14-5-2-7-18(21(14)17)23(27)30/h1-2,4-7,9-10,12H,3,8,11H2,(H,26,28). The minimum Gasteiger partial charge on any atom is -0.326 e. The maximum atomic E-state index is 12.8. The number of amides is 3. The third-order valence-corrected chi connectivity index (χ3v) is 5.33. The zero-order chi connectivity index (χ0) is 21.3. The summed E-state index contributed by atoms with van der Waals surface area (Å²) in [7, 11) is 0. The van der Waals surface area contributed by atoms with Gasteiger partial charge in [-0.05, 0) is 42.1 Å². The monoisotopic (exact) mass is 417 g/mol. The van der Waals surface area contributed by atoms with Crippen LogP contribution in [0.2, 0.25) is 5.02 Å². The molecule has 3 aromatic carbocycles. The summed E-state index contributed by atoms with van der Waals surface area (Å²) < 4.78 is 0. The number of hydrogen-bond acceptors (Lipinski definition) is 4. The number of hydrogen-bond donors (Lipinski definition) is 1. The fourth-order valence-electron chi connectivity index (χ4n) is 3.59. The van der Waals surface area contributed by atoms with Crippen molar-refractivity contribution in [2.75, 3.05) is 11.9 Å². The number of benzene rings is 3. The van der Waals surface area contributed by atoms with Crippen LogP contribution in [0.5, 0.6) is 0 Å². The van der Waals surface area contributed by atoms with Gasteiger partial charge in [-0.15, -0.1) is 0 Å². The molecular weight excluding hydrogens is 402 g/mol. The Labute approximate surface area is 177 Å². The highest BCUT2D eigenvalue weighted by atomic mass is 35.5. The van der Waals surface area contributed by atoms with Gasteiger partial charge in [0.2, 0.25) is 5.91 Å². The fraction of sp³-hybridized carbons (Fsp3) is 0.130. The highest BCUT2D eigenvalue weighted by Crippen LogP contribution is 2.30. The maximum absolute atomic E-state index is 12.8. The van der Waals surface area contributed by atoms with Gasteiger partial charge in [0.25, 0.3) is 11.8 Å². The molecule has 148 valence electrons. The Kier molecular flexibility index (Phi) is 5.21. The molecule has 0 bridgehead atoms. The van der Waals surface area contributed by atoms with Crippen LogP contribution < -0.4 is 5.32 Å². The van der Waals surface area contributed by atoms with Crippen molar-refractivity contribution in [3.63, 3.8) is 0 Å². The van der Waals surface area contributed by atoms with Gasteiger partial charge in [0, 0.05) is 35.2 Å². The molecule has 7 heteroatoms. The molecule has 4 rings (SSSR count). The number of anilines is 1.